The molecule has 0 atom stereocenters. The van der Waals surface area contributed by atoms with Gasteiger partial charge in [0.25, 0.3) is 5.91 Å². The van der Waals surface area contributed by atoms with Crippen LogP contribution in [0.3, 0.4) is 0 Å². The van der Waals surface area contributed by atoms with E-state index in [0.717, 1.165) is 5.56 Å². The Labute approximate surface area is 153 Å². The van der Waals surface area contributed by atoms with E-state index in [-0.39, 0.29) is 17.8 Å². The molecule has 0 N–H and O–H groups in total. The van der Waals surface area contributed by atoms with Crippen molar-refractivity contribution < 1.29 is 19.1 Å². The van der Waals surface area contributed by atoms with Crippen LogP contribution >= 0.6 is 0 Å². The van der Waals surface area contributed by atoms with Gasteiger partial charge in [0.05, 0.1) is 18.6 Å². The van der Waals surface area contributed by atoms with Gasteiger partial charge in [0.15, 0.2) is 0 Å². The summed E-state index contributed by atoms with van der Waals surface area (Å²) in [4.78, 5) is 26.3. The Kier molecular flexibility index (Phi) is 5.89. The summed E-state index contributed by atoms with van der Waals surface area (Å²) in [5, 5.41) is 0. The van der Waals surface area contributed by atoms with Crippen molar-refractivity contribution in [3.05, 3.63) is 65.7 Å². The first-order valence-corrected chi connectivity index (χ1v) is 8.82. The number of hydrogen-bond acceptors (Lipinski definition) is 4. The van der Waals surface area contributed by atoms with Crippen molar-refractivity contribution in [3.63, 3.8) is 0 Å². The molecule has 0 aromatic heterocycles. The van der Waals surface area contributed by atoms with E-state index in [1.165, 1.54) is 7.11 Å². The van der Waals surface area contributed by atoms with Gasteiger partial charge in [-0.1, -0.05) is 42.5 Å². The Morgan fingerprint density at radius 2 is 1.65 bits per heavy atom. The van der Waals surface area contributed by atoms with Crippen molar-refractivity contribution in [2.24, 2.45) is 5.92 Å². The first-order valence-electron chi connectivity index (χ1n) is 8.82. The van der Waals surface area contributed by atoms with Crippen LogP contribution in [-0.2, 0) is 16.1 Å². The number of rotatable bonds is 5. The molecule has 5 heteroatoms. The minimum atomic E-state index is -0.191. The fourth-order valence-corrected chi connectivity index (χ4v) is 3.16. The van der Waals surface area contributed by atoms with Crippen LogP contribution in [0.2, 0.25) is 0 Å². The number of amides is 1. The molecular formula is C21H23NO4. The average Bonchev–Trinajstić information content (AvgIpc) is 2.72. The highest BCUT2D eigenvalue weighted by atomic mass is 16.5. The Bertz CT molecular complexity index is 752. The monoisotopic (exact) mass is 353 g/mol. The van der Waals surface area contributed by atoms with Crippen molar-refractivity contribution in [2.75, 3.05) is 20.2 Å². The molecular weight excluding hydrogens is 330 g/mol. The summed E-state index contributed by atoms with van der Waals surface area (Å²) < 4.78 is 10.7. The summed E-state index contributed by atoms with van der Waals surface area (Å²) >= 11 is 0. The molecule has 0 unspecified atom stereocenters. The van der Waals surface area contributed by atoms with E-state index in [2.05, 4.69) is 0 Å². The van der Waals surface area contributed by atoms with Crippen molar-refractivity contribution in [1.29, 1.82) is 0 Å². The highest BCUT2D eigenvalue weighted by Gasteiger charge is 2.29. The molecule has 0 bridgehead atoms. The lowest BCUT2D eigenvalue weighted by molar-refractivity contribution is -0.146. The van der Waals surface area contributed by atoms with Gasteiger partial charge in [-0.2, -0.15) is 0 Å². The number of piperidine rings is 1. The number of para-hydroxylation sites is 1. The third kappa shape index (κ3) is 4.23. The molecule has 2 aromatic rings. The Morgan fingerprint density at radius 3 is 2.35 bits per heavy atom. The zero-order valence-electron chi connectivity index (χ0n) is 14.9. The summed E-state index contributed by atoms with van der Waals surface area (Å²) in [5.41, 5.74) is 1.61. The Hall–Kier alpha value is -2.82. The molecule has 1 fully saturated rings. The quantitative estimate of drug-likeness (QED) is 0.774. The molecule has 1 aliphatic heterocycles. The van der Waals surface area contributed by atoms with E-state index in [1.807, 2.05) is 48.5 Å². The zero-order chi connectivity index (χ0) is 18.4. The predicted molar refractivity (Wildman–Crippen MR) is 97.9 cm³/mol. The van der Waals surface area contributed by atoms with E-state index < -0.39 is 0 Å². The number of benzene rings is 2. The molecule has 0 radical (unpaired) electrons. The van der Waals surface area contributed by atoms with E-state index in [9.17, 15) is 9.59 Å². The molecule has 1 heterocycles. The SMILES string of the molecule is COC(=O)C1CCN(C(=O)c2ccccc2OCc2ccccc2)CC1. The Morgan fingerprint density at radius 1 is 1.00 bits per heavy atom. The minimum Gasteiger partial charge on any atom is -0.488 e. The highest BCUT2D eigenvalue weighted by Crippen LogP contribution is 2.25. The van der Waals surface area contributed by atoms with Gasteiger partial charge in [-0.3, -0.25) is 9.59 Å². The number of likely N-dealkylation sites (tertiary alicyclic amines) is 1. The number of carbonyl (C=O) groups is 2. The summed E-state index contributed by atoms with van der Waals surface area (Å²) in [6.45, 7) is 1.51. The maximum Gasteiger partial charge on any atom is 0.308 e. The molecule has 26 heavy (non-hydrogen) atoms. The molecule has 0 saturated carbocycles. The predicted octanol–water partition coefficient (Wildman–Crippen LogP) is 3.29. The molecule has 136 valence electrons. The number of esters is 1. The van der Waals surface area contributed by atoms with Crippen molar-refractivity contribution in [1.82, 2.24) is 4.90 Å². The van der Waals surface area contributed by atoms with Gasteiger partial charge in [0.1, 0.15) is 12.4 Å². The zero-order valence-corrected chi connectivity index (χ0v) is 14.9. The topological polar surface area (TPSA) is 55.8 Å². The van der Waals surface area contributed by atoms with Crippen LogP contribution in [0.1, 0.15) is 28.8 Å². The fraction of sp³-hybridized carbons (Fsp3) is 0.333. The maximum absolute atomic E-state index is 12.9. The average molecular weight is 353 g/mol. The molecule has 3 rings (SSSR count). The van der Waals surface area contributed by atoms with E-state index in [4.69, 9.17) is 9.47 Å². The van der Waals surface area contributed by atoms with Gasteiger partial charge >= 0.3 is 5.97 Å². The van der Waals surface area contributed by atoms with Crippen molar-refractivity contribution in [2.45, 2.75) is 19.4 Å². The van der Waals surface area contributed by atoms with Crippen LogP contribution in [0, 0.1) is 5.92 Å². The second-order valence-electron chi connectivity index (χ2n) is 6.36. The van der Waals surface area contributed by atoms with Gasteiger partial charge in [-0.05, 0) is 30.5 Å². The molecule has 5 nitrogen and oxygen atoms in total. The van der Waals surface area contributed by atoms with E-state index >= 15 is 0 Å². The second-order valence-corrected chi connectivity index (χ2v) is 6.36. The molecule has 1 amide bonds. The molecule has 1 aliphatic rings. The lowest BCUT2D eigenvalue weighted by Gasteiger charge is -2.31. The van der Waals surface area contributed by atoms with E-state index in [1.54, 1.807) is 11.0 Å². The molecule has 1 saturated heterocycles. The normalized spacial score (nSPS) is 14.7. The molecule has 0 spiro atoms. The lowest BCUT2D eigenvalue weighted by atomic mass is 9.96. The highest BCUT2D eigenvalue weighted by molar-refractivity contribution is 5.97. The largest absolute Gasteiger partial charge is 0.488 e. The number of nitrogens with zero attached hydrogens (tertiary/aromatic N) is 1. The Balaban J connectivity index is 1.65. The number of carbonyl (C=O) groups excluding carboxylic acids is 2. The lowest BCUT2D eigenvalue weighted by Crippen LogP contribution is -2.40. The third-order valence-electron chi connectivity index (χ3n) is 4.67. The minimum absolute atomic E-state index is 0.0584. The smallest absolute Gasteiger partial charge is 0.308 e. The summed E-state index contributed by atoms with van der Waals surface area (Å²) in [6, 6.07) is 17.2. The van der Waals surface area contributed by atoms with Crippen LogP contribution in [0.5, 0.6) is 5.75 Å². The standard InChI is InChI=1S/C21H23NO4/c1-25-21(24)17-11-13-22(14-12-17)20(23)18-9-5-6-10-19(18)26-15-16-7-3-2-4-8-16/h2-10,17H,11-15H2,1H3. The van der Waals surface area contributed by atoms with Crippen LogP contribution in [0.25, 0.3) is 0 Å². The third-order valence-corrected chi connectivity index (χ3v) is 4.67. The first kappa shape index (κ1) is 18.0. The second kappa shape index (κ2) is 8.52. The van der Waals surface area contributed by atoms with Gasteiger partial charge in [0.2, 0.25) is 0 Å². The summed E-state index contributed by atoms with van der Waals surface area (Å²) in [5.74, 6) is 0.214. The van der Waals surface area contributed by atoms with Crippen LogP contribution in [0.15, 0.2) is 54.6 Å². The van der Waals surface area contributed by atoms with Crippen LogP contribution in [-0.4, -0.2) is 37.0 Å². The van der Waals surface area contributed by atoms with E-state index in [0.29, 0.717) is 43.9 Å². The van der Waals surface area contributed by atoms with Gasteiger partial charge in [-0.15, -0.1) is 0 Å². The maximum atomic E-state index is 12.9. The van der Waals surface area contributed by atoms with Crippen LogP contribution in [0.4, 0.5) is 0 Å². The summed E-state index contributed by atoms with van der Waals surface area (Å²) in [6.07, 6.45) is 1.26. The van der Waals surface area contributed by atoms with Crippen LogP contribution < -0.4 is 4.74 Å². The fourth-order valence-electron chi connectivity index (χ4n) is 3.16. The van der Waals surface area contributed by atoms with Crippen molar-refractivity contribution in [3.8, 4) is 5.75 Å². The van der Waals surface area contributed by atoms with Crippen molar-refractivity contribution >= 4 is 11.9 Å². The first-order chi connectivity index (χ1) is 12.7. The van der Waals surface area contributed by atoms with Gasteiger partial charge in [0, 0.05) is 13.1 Å². The number of hydrogen-bond donors (Lipinski definition) is 0. The van der Waals surface area contributed by atoms with Gasteiger partial charge < -0.3 is 14.4 Å². The molecule has 0 aliphatic carbocycles. The number of methoxy groups -OCH3 is 1. The number of ether oxygens (including phenoxy) is 2. The molecule has 2 aromatic carbocycles. The summed E-state index contributed by atoms with van der Waals surface area (Å²) in [7, 11) is 1.40. The van der Waals surface area contributed by atoms with Gasteiger partial charge in [-0.25, -0.2) is 0 Å².